The molecule has 0 radical (unpaired) electrons. The van der Waals surface area contributed by atoms with E-state index in [1.54, 1.807) is 6.92 Å². The summed E-state index contributed by atoms with van der Waals surface area (Å²) in [6.45, 7) is 6.32. The minimum Gasteiger partial charge on any atom is -0.368 e. The van der Waals surface area contributed by atoms with Gasteiger partial charge in [0.2, 0.25) is 17.8 Å². The lowest BCUT2D eigenvalue weighted by molar-refractivity contribution is -0.129. The first-order chi connectivity index (χ1) is 14.4. The fourth-order valence-corrected chi connectivity index (χ4v) is 3.85. The van der Waals surface area contributed by atoms with Crippen molar-refractivity contribution in [3.05, 3.63) is 41.2 Å². The molecule has 1 fully saturated rings. The summed E-state index contributed by atoms with van der Waals surface area (Å²) in [5.74, 6) is 1.48. The Kier molecular flexibility index (Phi) is 5.54. The number of hydrogen-bond donors (Lipinski definition) is 2. The van der Waals surface area contributed by atoms with Gasteiger partial charge in [-0.3, -0.25) is 4.79 Å². The fourth-order valence-electron chi connectivity index (χ4n) is 3.62. The van der Waals surface area contributed by atoms with Gasteiger partial charge in [-0.2, -0.15) is 4.98 Å². The van der Waals surface area contributed by atoms with Crippen molar-refractivity contribution in [2.24, 2.45) is 0 Å². The van der Waals surface area contributed by atoms with E-state index in [1.165, 1.54) is 6.33 Å². The minimum atomic E-state index is -0.150. The Morgan fingerprint density at radius 1 is 1.20 bits per heavy atom. The van der Waals surface area contributed by atoms with Crippen LogP contribution in [-0.2, 0) is 4.79 Å². The van der Waals surface area contributed by atoms with E-state index in [2.05, 4.69) is 31.2 Å². The molecule has 2 aromatic heterocycles. The highest BCUT2D eigenvalue weighted by Gasteiger charge is 2.24. The van der Waals surface area contributed by atoms with E-state index in [1.807, 2.05) is 30.0 Å². The summed E-state index contributed by atoms with van der Waals surface area (Å²) < 4.78 is 0. The number of carbonyl (C=O) groups excluding carboxylic acids is 1. The van der Waals surface area contributed by atoms with Crippen LogP contribution in [0.3, 0.4) is 0 Å². The second-order valence-corrected chi connectivity index (χ2v) is 7.65. The first-order valence-electron chi connectivity index (χ1n) is 9.73. The monoisotopic (exact) mass is 426 g/mol. The van der Waals surface area contributed by atoms with Crippen molar-refractivity contribution in [1.82, 2.24) is 24.8 Å². The largest absolute Gasteiger partial charge is 0.368 e. The molecule has 1 amide bonds. The summed E-state index contributed by atoms with van der Waals surface area (Å²) in [6, 6.07) is 7.67. The van der Waals surface area contributed by atoms with Crippen molar-refractivity contribution < 1.29 is 4.79 Å². The first kappa shape index (κ1) is 20.1. The summed E-state index contributed by atoms with van der Waals surface area (Å²) in [4.78, 5) is 32.8. The number of anilines is 3. The molecule has 1 atom stereocenters. The molecule has 1 unspecified atom stereocenters. The summed E-state index contributed by atoms with van der Waals surface area (Å²) in [6.07, 6.45) is 1.37. The average Bonchev–Trinajstić information content (AvgIpc) is 2.73. The van der Waals surface area contributed by atoms with Gasteiger partial charge in [-0.15, -0.1) is 0 Å². The molecule has 0 bridgehead atoms. The summed E-state index contributed by atoms with van der Waals surface area (Å²) in [5, 5.41) is 4.83. The number of pyridine rings is 1. The Hall–Kier alpha value is -3.20. The molecule has 156 valence electrons. The van der Waals surface area contributed by atoms with Crippen LogP contribution in [0.5, 0.6) is 0 Å². The quantitative estimate of drug-likeness (QED) is 0.654. The second kappa shape index (κ2) is 8.27. The number of amides is 1. The third-order valence-electron chi connectivity index (χ3n) is 5.23. The maximum Gasteiger partial charge on any atom is 0.227 e. The van der Waals surface area contributed by atoms with Crippen molar-refractivity contribution in [2.75, 3.05) is 42.1 Å². The smallest absolute Gasteiger partial charge is 0.227 e. The molecular formula is C20H23ClN8O. The number of piperazine rings is 1. The van der Waals surface area contributed by atoms with Gasteiger partial charge in [-0.25, -0.2) is 15.0 Å². The van der Waals surface area contributed by atoms with Crippen LogP contribution in [-0.4, -0.2) is 56.9 Å². The number of aromatic nitrogens is 4. The predicted octanol–water partition coefficient (Wildman–Crippen LogP) is 2.50. The van der Waals surface area contributed by atoms with Crippen molar-refractivity contribution in [1.29, 1.82) is 0 Å². The van der Waals surface area contributed by atoms with Gasteiger partial charge >= 0.3 is 0 Å². The number of fused-ring (bicyclic) bond motifs is 1. The van der Waals surface area contributed by atoms with Gasteiger partial charge in [0.25, 0.3) is 0 Å². The zero-order chi connectivity index (χ0) is 21.3. The lowest BCUT2D eigenvalue weighted by Gasteiger charge is -2.36. The van der Waals surface area contributed by atoms with E-state index in [-0.39, 0.29) is 17.9 Å². The molecule has 3 N–H and O–H groups in total. The SMILES string of the molecule is CC(=O)N1CCN(c2nc3c(Cl)cccc3cc2C(C)Nc2ncnc(N)n2)CC1. The Labute approximate surface area is 179 Å². The maximum absolute atomic E-state index is 11.7. The molecule has 9 nitrogen and oxygen atoms in total. The van der Waals surface area contributed by atoms with Crippen LogP contribution in [0.1, 0.15) is 25.5 Å². The minimum absolute atomic E-state index is 0.0897. The number of rotatable bonds is 4. The number of nitrogens with zero attached hydrogens (tertiary/aromatic N) is 6. The van der Waals surface area contributed by atoms with E-state index >= 15 is 0 Å². The van der Waals surface area contributed by atoms with Gasteiger partial charge in [-0.1, -0.05) is 23.7 Å². The second-order valence-electron chi connectivity index (χ2n) is 7.24. The van der Waals surface area contributed by atoms with Crippen LogP contribution in [0, 0.1) is 0 Å². The lowest BCUT2D eigenvalue weighted by atomic mass is 10.0. The maximum atomic E-state index is 11.7. The van der Waals surface area contributed by atoms with Gasteiger partial charge in [0.15, 0.2) is 0 Å². The van der Waals surface area contributed by atoms with Gasteiger partial charge in [-0.05, 0) is 19.1 Å². The van der Waals surface area contributed by atoms with Crippen LogP contribution in [0.2, 0.25) is 5.02 Å². The van der Waals surface area contributed by atoms with Crippen LogP contribution in [0.4, 0.5) is 17.7 Å². The van der Waals surface area contributed by atoms with Gasteiger partial charge in [0.05, 0.1) is 16.6 Å². The number of halogens is 1. The first-order valence-corrected chi connectivity index (χ1v) is 10.1. The summed E-state index contributed by atoms with van der Waals surface area (Å²) in [7, 11) is 0. The lowest BCUT2D eigenvalue weighted by Crippen LogP contribution is -2.48. The Morgan fingerprint density at radius 3 is 2.67 bits per heavy atom. The molecule has 30 heavy (non-hydrogen) atoms. The van der Waals surface area contributed by atoms with Crippen LogP contribution in [0.15, 0.2) is 30.6 Å². The molecule has 1 aromatic carbocycles. The Morgan fingerprint density at radius 2 is 1.97 bits per heavy atom. The topological polar surface area (TPSA) is 113 Å². The third-order valence-corrected chi connectivity index (χ3v) is 5.54. The standard InChI is InChI=1S/C20H23ClN8O/c1-12(25-20-24-11-23-19(22)27-20)15-10-14-4-3-5-16(21)17(14)26-18(15)29-8-6-28(7-9-29)13(2)30/h3-5,10-12H,6-9H2,1-2H3,(H3,22,23,24,25,27). The molecule has 10 heteroatoms. The average molecular weight is 427 g/mol. The van der Waals surface area contributed by atoms with Crippen molar-refractivity contribution in [3.63, 3.8) is 0 Å². The van der Waals surface area contributed by atoms with E-state index in [0.29, 0.717) is 37.1 Å². The molecule has 0 spiro atoms. The highest BCUT2D eigenvalue weighted by atomic mass is 35.5. The normalized spacial score (nSPS) is 15.3. The molecule has 4 rings (SSSR count). The number of hydrogen-bond acceptors (Lipinski definition) is 8. The molecule has 0 aliphatic carbocycles. The highest BCUT2D eigenvalue weighted by molar-refractivity contribution is 6.35. The van der Waals surface area contributed by atoms with Gasteiger partial charge in [0, 0.05) is 44.1 Å². The number of carbonyl (C=O) groups is 1. The number of nitrogens with two attached hydrogens (primary N) is 1. The van der Waals surface area contributed by atoms with Crippen molar-refractivity contribution >= 4 is 46.1 Å². The molecular weight excluding hydrogens is 404 g/mol. The third kappa shape index (κ3) is 4.06. The molecule has 1 aliphatic rings. The molecule has 0 saturated carbocycles. The number of nitrogen functional groups attached to an aromatic ring is 1. The molecule has 3 heterocycles. The number of benzene rings is 1. The van der Waals surface area contributed by atoms with Crippen LogP contribution >= 0.6 is 11.6 Å². The van der Waals surface area contributed by atoms with Crippen molar-refractivity contribution in [3.8, 4) is 0 Å². The fraction of sp³-hybridized carbons (Fsp3) is 0.350. The van der Waals surface area contributed by atoms with Crippen LogP contribution < -0.4 is 16.0 Å². The summed E-state index contributed by atoms with van der Waals surface area (Å²) in [5.41, 5.74) is 7.42. The molecule has 3 aromatic rings. The van der Waals surface area contributed by atoms with Gasteiger partial charge < -0.3 is 20.9 Å². The number of nitrogens with one attached hydrogen (secondary N) is 1. The van der Waals surface area contributed by atoms with E-state index in [4.69, 9.17) is 22.3 Å². The Balaban J connectivity index is 1.71. The van der Waals surface area contributed by atoms with Crippen molar-refractivity contribution in [2.45, 2.75) is 19.9 Å². The van der Waals surface area contributed by atoms with E-state index in [9.17, 15) is 4.79 Å². The molecule has 1 aliphatic heterocycles. The summed E-state index contributed by atoms with van der Waals surface area (Å²) >= 11 is 6.42. The molecule has 1 saturated heterocycles. The highest BCUT2D eigenvalue weighted by Crippen LogP contribution is 2.33. The predicted molar refractivity (Wildman–Crippen MR) is 117 cm³/mol. The van der Waals surface area contributed by atoms with E-state index in [0.717, 1.165) is 22.3 Å². The zero-order valence-corrected chi connectivity index (χ0v) is 17.6. The van der Waals surface area contributed by atoms with E-state index < -0.39 is 0 Å². The zero-order valence-electron chi connectivity index (χ0n) is 16.8. The van der Waals surface area contributed by atoms with Gasteiger partial charge in [0.1, 0.15) is 12.1 Å². The van der Waals surface area contributed by atoms with Crippen LogP contribution in [0.25, 0.3) is 10.9 Å². The number of para-hydroxylation sites is 1. The Bertz CT molecular complexity index is 1080.